The van der Waals surface area contributed by atoms with Crippen molar-refractivity contribution in [3.05, 3.63) is 0 Å². The lowest BCUT2D eigenvalue weighted by atomic mass is 9.89. The molecule has 16 heavy (non-hydrogen) atoms. The van der Waals surface area contributed by atoms with Crippen LogP contribution in [0.5, 0.6) is 0 Å². The van der Waals surface area contributed by atoms with Crippen molar-refractivity contribution >= 4 is 0 Å². The van der Waals surface area contributed by atoms with Gasteiger partial charge < -0.3 is 9.84 Å². The molecule has 0 aromatic carbocycles. The van der Waals surface area contributed by atoms with E-state index in [9.17, 15) is 5.11 Å². The van der Waals surface area contributed by atoms with Crippen LogP contribution in [0.4, 0.5) is 0 Å². The van der Waals surface area contributed by atoms with E-state index in [1.54, 1.807) is 0 Å². The second-order valence-corrected chi connectivity index (χ2v) is 5.71. The van der Waals surface area contributed by atoms with Crippen LogP contribution in [0.3, 0.4) is 0 Å². The predicted octanol–water partition coefficient (Wildman–Crippen LogP) is 3.13. The summed E-state index contributed by atoms with van der Waals surface area (Å²) in [4.78, 5) is 0. The van der Waals surface area contributed by atoms with Crippen LogP contribution < -0.4 is 0 Å². The SMILES string of the molecule is CC1CCCC1C(O)CCCC1CCCO1. The number of aliphatic hydroxyl groups excluding tert-OH is 1. The Hall–Kier alpha value is -0.0800. The molecule has 2 rings (SSSR count). The third-order valence-electron chi connectivity index (χ3n) is 4.47. The molecule has 0 radical (unpaired) electrons. The molecule has 1 saturated carbocycles. The van der Waals surface area contributed by atoms with Crippen LogP contribution >= 0.6 is 0 Å². The lowest BCUT2D eigenvalue weighted by molar-refractivity contribution is 0.0667. The molecule has 94 valence electrons. The highest BCUT2D eigenvalue weighted by atomic mass is 16.5. The molecule has 1 aliphatic carbocycles. The van der Waals surface area contributed by atoms with Crippen molar-refractivity contribution in [3.8, 4) is 0 Å². The van der Waals surface area contributed by atoms with Crippen LogP contribution in [0, 0.1) is 11.8 Å². The molecule has 0 amide bonds. The summed E-state index contributed by atoms with van der Waals surface area (Å²) in [5.41, 5.74) is 0. The van der Waals surface area contributed by atoms with Gasteiger partial charge in [0.05, 0.1) is 12.2 Å². The number of ether oxygens (including phenoxy) is 1. The highest BCUT2D eigenvalue weighted by Gasteiger charge is 2.29. The number of aliphatic hydroxyl groups is 1. The summed E-state index contributed by atoms with van der Waals surface area (Å²) in [6.07, 6.45) is 10.0. The average Bonchev–Trinajstić information content (AvgIpc) is 2.88. The Balaban J connectivity index is 1.61. The summed E-state index contributed by atoms with van der Waals surface area (Å²) in [5, 5.41) is 10.2. The fourth-order valence-electron chi connectivity index (χ4n) is 3.39. The Morgan fingerprint density at radius 2 is 2.12 bits per heavy atom. The normalized spacial score (nSPS) is 36.8. The minimum Gasteiger partial charge on any atom is -0.393 e. The molecule has 0 spiro atoms. The maximum atomic E-state index is 10.2. The van der Waals surface area contributed by atoms with E-state index in [4.69, 9.17) is 4.74 Å². The molecule has 0 bridgehead atoms. The average molecular weight is 226 g/mol. The largest absolute Gasteiger partial charge is 0.393 e. The van der Waals surface area contributed by atoms with Crippen molar-refractivity contribution in [1.29, 1.82) is 0 Å². The molecule has 2 heteroatoms. The predicted molar refractivity (Wildman–Crippen MR) is 65.3 cm³/mol. The number of rotatable bonds is 5. The Morgan fingerprint density at radius 3 is 2.75 bits per heavy atom. The van der Waals surface area contributed by atoms with Gasteiger partial charge in [0.1, 0.15) is 0 Å². The zero-order valence-electron chi connectivity index (χ0n) is 10.5. The summed E-state index contributed by atoms with van der Waals surface area (Å²) < 4.78 is 5.60. The minimum atomic E-state index is -0.0566. The first kappa shape index (κ1) is 12.4. The fourth-order valence-corrected chi connectivity index (χ4v) is 3.39. The van der Waals surface area contributed by atoms with Gasteiger partial charge in [0.2, 0.25) is 0 Å². The van der Waals surface area contributed by atoms with Crippen LogP contribution in [0.1, 0.15) is 58.3 Å². The van der Waals surface area contributed by atoms with Gasteiger partial charge in [0.15, 0.2) is 0 Å². The van der Waals surface area contributed by atoms with E-state index >= 15 is 0 Å². The molecule has 0 aromatic rings. The lowest BCUT2D eigenvalue weighted by Gasteiger charge is -2.22. The molecule has 4 unspecified atom stereocenters. The third-order valence-corrected chi connectivity index (χ3v) is 4.47. The summed E-state index contributed by atoms with van der Waals surface area (Å²) >= 11 is 0. The second kappa shape index (κ2) is 6.02. The first-order chi connectivity index (χ1) is 7.77. The van der Waals surface area contributed by atoms with Gasteiger partial charge in [-0.3, -0.25) is 0 Å². The van der Waals surface area contributed by atoms with Gasteiger partial charge >= 0.3 is 0 Å². The van der Waals surface area contributed by atoms with E-state index in [1.165, 1.54) is 32.1 Å². The van der Waals surface area contributed by atoms with Crippen molar-refractivity contribution < 1.29 is 9.84 Å². The van der Waals surface area contributed by atoms with Crippen molar-refractivity contribution in [2.24, 2.45) is 11.8 Å². The number of hydrogen-bond acceptors (Lipinski definition) is 2. The third kappa shape index (κ3) is 3.21. The molecule has 1 N–H and O–H groups in total. The van der Waals surface area contributed by atoms with Crippen LogP contribution in [0.2, 0.25) is 0 Å². The monoisotopic (exact) mass is 226 g/mol. The molecule has 2 fully saturated rings. The van der Waals surface area contributed by atoms with Gasteiger partial charge in [-0.15, -0.1) is 0 Å². The van der Waals surface area contributed by atoms with E-state index < -0.39 is 0 Å². The highest BCUT2D eigenvalue weighted by molar-refractivity contribution is 4.80. The first-order valence-corrected chi connectivity index (χ1v) is 7.07. The Labute approximate surface area is 99.4 Å². The fraction of sp³-hybridized carbons (Fsp3) is 1.00. The van der Waals surface area contributed by atoms with Gasteiger partial charge in [-0.1, -0.05) is 19.8 Å². The van der Waals surface area contributed by atoms with Gasteiger partial charge in [0.25, 0.3) is 0 Å². The maximum absolute atomic E-state index is 10.2. The van der Waals surface area contributed by atoms with Gasteiger partial charge in [0, 0.05) is 6.61 Å². The Morgan fingerprint density at radius 1 is 1.25 bits per heavy atom. The molecular weight excluding hydrogens is 200 g/mol. The van der Waals surface area contributed by atoms with Gasteiger partial charge in [-0.2, -0.15) is 0 Å². The van der Waals surface area contributed by atoms with E-state index in [0.29, 0.717) is 12.0 Å². The molecule has 1 heterocycles. The molecule has 0 aromatic heterocycles. The topological polar surface area (TPSA) is 29.5 Å². The molecule has 1 aliphatic heterocycles. The van der Waals surface area contributed by atoms with E-state index in [-0.39, 0.29) is 6.10 Å². The maximum Gasteiger partial charge on any atom is 0.0576 e. The van der Waals surface area contributed by atoms with E-state index in [0.717, 1.165) is 31.8 Å². The first-order valence-electron chi connectivity index (χ1n) is 7.07. The Bertz CT molecular complexity index is 199. The zero-order chi connectivity index (χ0) is 11.4. The smallest absolute Gasteiger partial charge is 0.0576 e. The zero-order valence-corrected chi connectivity index (χ0v) is 10.5. The molecule has 2 nitrogen and oxygen atoms in total. The van der Waals surface area contributed by atoms with Crippen molar-refractivity contribution in [2.45, 2.75) is 70.5 Å². The van der Waals surface area contributed by atoms with Crippen LogP contribution in [-0.4, -0.2) is 23.9 Å². The standard InChI is InChI=1S/C14H26O2/c1-11-5-2-8-13(11)14(15)9-3-6-12-7-4-10-16-12/h11-15H,2-10H2,1H3. The molecule has 4 atom stereocenters. The van der Waals surface area contributed by atoms with Crippen LogP contribution in [0.15, 0.2) is 0 Å². The van der Waals surface area contributed by atoms with Crippen LogP contribution in [0.25, 0.3) is 0 Å². The molecule has 2 aliphatic rings. The van der Waals surface area contributed by atoms with E-state index in [1.807, 2.05) is 0 Å². The van der Waals surface area contributed by atoms with Crippen molar-refractivity contribution in [1.82, 2.24) is 0 Å². The molecule has 1 saturated heterocycles. The summed E-state index contributed by atoms with van der Waals surface area (Å²) in [6.45, 7) is 3.24. The summed E-state index contributed by atoms with van der Waals surface area (Å²) in [6, 6.07) is 0. The molecular formula is C14H26O2. The van der Waals surface area contributed by atoms with Gasteiger partial charge in [-0.05, 0) is 50.4 Å². The minimum absolute atomic E-state index is 0.0566. The number of hydrogen-bond donors (Lipinski definition) is 1. The summed E-state index contributed by atoms with van der Waals surface area (Å²) in [7, 11) is 0. The quantitative estimate of drug-likeness (QED) is 0.780. The van der Waals surface area contributed by atoms with Crippen LogP contribution in [-0.2, 0) is 4.74 Å². The lowest BCUT2D eigenvalue weighted by Crippen LogP contribution is -2.22. The Kier molecular flexibility index (Phi) is 4.66. The second-order valence-electron chi connectivity index (χ2n) is 5.71. The summed E-state index contributed by atoms with van der Waals surface area (Å²) in [5.74, 6) is 1.31. The highest BCUT2D eigenvalue weighted by Crippen LogP contribution is 2.35. The van der Waals surface area contributed by atoms with Gasteiger partial charge in [-0.25, -0.2) is 0 Å². The van der Waals surface area contributed by atoms with Crippen molar-refractivity contribution in [3.63, 3.8) is 0 Å². The van der Waals surface area contributed by atoms with Crippen molar-refractivity contribution in [2.75, 3.05) is 6.61 Å². The van der Waals surface area contributed by atoms with E-state index in [2.05, 4.69) is 6.92 Å².